The van der Waals surface area contributed by atoms with E-state index in [1.165, 1.54) is 18.3 Å². The summed E-state index contributed by atoms with van der Waals surface area (Å²) in [7, 11) is 0. The van der Waals surface area contributed by atoms with Gasteiger partial charge in [0, 0.05) is 22.7 Å². The van der Waals surface area contributed by atoms with E-state index < -0.39 is 30.3 Å². The Morgan fingerprint density at radius 1 is 1.30 bits per heavy atom. The number of carbonyl (C=O) groups is 3. The second-order valence-electron chi connectivity index (χ2n) is 7.07. The molecule has 0 radical (unpaired) electrons. The molecule has 1 aromatic carbocycles. The summed E-state index contributed by atoms with van der Waals surface area (Å²) in [6.45, 7) is 2.79. The summed E-state index contributed by atoms with van der Waals surface area (Å²) >= 11 is 1.45. The van der Waals surface area contributed by atoms with Gasteiger partial charge in [-0.15, -0.1) is 11.3 Å². The Morgan fingerprint density at radius 3 is 2.57 bits per heavy atom. The fourth-order valence-electron chi connectivity index (χ4n) is 3.43. The first-order chi connectivity index (χ1) is 14.3. The Morgan fingerprint density at radius 2 is 2.00 bits per heavy atom. The summed E-state index contributed by atoms with van der Waals surface area (Å²) < 4.78 is 5.20. The number of anilines is 1. The van der Waals surface area contributed by atoms with E-state index in [1.54, 1.807) is 11.0 Å². The average Bonchev–Trinajstić information content (AvgIpc) is 3.34. The van der Waals surface area contributed by atoms with Gasteiger partial charge < -0.3 is 15.4 Å². The molecule has 154 valence electrons. The van der Waals surface area contributed by atoms with Crippen molar-refractivity contribution in [1.29, 1.82) is 5.26 Å². The maximum absolute atomic E-state index is 12.9. The second kappa shape index (κ2) is 8.93. The lowest BCUT2D eigenvalue weighted by atomic mass is 9.98. The molecule has 1 amide bonds. The van der Waals surface area contributed by atoms with Gasteiger partial charge >= 0.3 is 5.97 Å². The highest BCUT2D eigenvalue weighted by atomic mass is 32.1. The van der Waals surface area contributed by atoms with Crippen molar-refractivity contribution in [1.82, 2.24) is 0 Å². The number of esters is 1. The van der Waals surface area contributed by atoms with Crippen molar-refractivity contribution < 1.29 is 19.1 Å². The zero-order valence-corrected chi connectivity index (χ0v) is 17.4. The van der Waals surface area contributed by atoms with Gasteiger partial charge in [-0.3, -0.25) is 14.4 Å². The minimum absolute atomic E-state index is 0.0275. The van der Waals surface area contributed by atoms with Crippen LogP contribution in [0.15, 0.2) is 53.0 Å². The average molecular weight is 423 g/mol. The molecule has 1 fully saturated rings. The number of carbonyl (C=O) groups excluding carboxylic acids is 3. The van der Waals surface area contributed by atoms with Crippen LogP contribution < -0.4 is 10.6 Å². The quantitative estimate of drug-likeness (QED) is 0.434. The van der Waals surface area contributed by atoms with Gasteiger partial charge in [0.2, 0.25) is 11.7 Å². The van der Waals surface area contributed by atoms with Gasteiger partial charge in [-0.05, 0) is 37.4 Å². The molecule has 2 atom stereocenters. The fraction of sp³-hybridized carbons (Fsp3) is 0.273. The van der Waals surface area contributed by atoms with Gasteiger partial charge in [0.25, 0.3) is 0 Å². The first kappa shape index (κ1) is 21.3. The molecule has 2 N–H and O–H groups in total. The normalized spacial score (nSPS) is 19.2. The van der Waals surface area contributed by atoms with E-state index in [0.29, 0.717) is 5.69 Å². The number of nitriles is 1. The third kappa shape index (κ3) is 4.26. The first-order valence-corrected chi connectivity index (χ1v) is 10.2. The van der Waals surface area contributed by atoms with Crippen LogP contribution in [0.2, 0.25) is 0 Å². The largest absolute Gasteiger partial charge is 0.457 e. The molecular formula is C22H21N3O4S. The Hall–Kier alpha value is -3.44. The molecule has 1 aliphatic heterocycles. The number of hydrogen-bond donors (Lipinski definition) is 1. The maximum atomic E-state index is 12.9. The lowest BCUT2D eigenvalue weighted by Crippen LogP contribution is -2.31. The van der Waals surface area contributed by atoms with Crippen molar-refractivity contribution in [3.05, 3.63) is 63.5 Å². The standard InChI is InChI=1S/C22H21N3O4S/c1-13-5-7-15(8-6-13)25-20(27)10-16(21(25)19-4-3-9-30-19)22(28)29-12-18(26)17(11-23)14(2)24/h3-9,16,21H,10,12,24H2,1-2H3/b17-14-. The van der Waals surface area contributed by atoms with E-state index in [-0.39, 0.29) is 23.6 Å². The summed E-state index contributed by atoms with van der Waals surface area (Å²) in [4.78, 5) is 40.3. The van der Waals surface area contributed by atoms with Crippen molar-refractivity contribution in [2.75, 3.05) is 11.5 Å². The molecular weight excluding hydrogens is 402 g/mol. The number of allylic oxidation sites excluding steroid dienone is 1. The van der Waals surface area contributed by atoms with Crippen LogP contribution in [-0.4, -0.2) is 24.3 Å². The SMILES string of the molecule is C/C(N)=C(\C#N)C(=O)COC(=O)C1CC(=O)N(c2ccc(C)cc2)C1c1cccs1. The number of benzene rings is 1. The molecule has 7 nitrogen and oxygen atoms in total. The van der Waals surface area contributed by atoms with E-state index in [9.17, 15) is 14.4 Å². The zero-order valence-electron chi connectivity index (χ0n) is 16.6. The van der Waals surface area contributed by atoms with Gasteiger partial charge in [-0.25, -0.2) is 0 Å². The number of nitrogens with zero attached hydrogens (tertiary/aromatic N) is 2. The van der Waals surface area contributed by atoms with Crippen molar-refractivity contribution in [3.63, 3.8) is 0 Å². The van der Waals surface area contributed by atoms with Crippen LogP contribution in [0.3, 0.4) is 0 Å². The van der Waals surface area contributed by atoms with Crippen LogP contribution in [0.1, 0.15) is 29.8 Å². The topological polar surface area (TPSA) is 113 Å². The number of hydrogen-bond acceptors (Lipinski definition) is 7. The van der Waals surface area contributed by atoms with Crippen molar-refractivity contribution in [2.45, 2.75) is 26.3 Å². The number of Topliss-reactive ketones (excluding diaryl/α,β-unsaturated/α-hetero) is 1. The third-order valence-corrected chi connectivity index (χ3v) is 5.85. The van der Waals surface area contributed by atoms with E-state index in [0.717, 1.165) is 10.4 Å². The lowest BCUT2D eigenvalue weighted by Gasteiger charge is -2.27. The lowest BCUT2D eigenvalue weighted by molar-refractivity contribution is -0.151. The maximum Gasteiger partial charge on any atom is 0.312 e. The highest BCUT2D eigenvalue weighted by Gasteiger charge is 2.46. The van der Waals surface area contributed by atoms with Crippen LogP contribution in [-0.2, 0) is 19.1 Å². The summed E-state index contributed by atoms with van der Waals surface area (Å²) in [6.07, 6.45) is -0.0275. The molecule has 2 heterocycles. The monoisotopic (exact) mass is 423 g/mol. The summed E-state index contributed by atoms with van der Waals surface area (Å²) in [5, 5.41) is 10.9. The fourth-order valence-corrected chi connectivity index (χ4v) is 4.31. The van der Waals surface area contributed by atoms with Crippen LogP contribution in [0.5, 0.6) is 0 Å². The Kier molecular flexibility index (Phi) is 6.33. The van der Waals surface area contributed by atoms with Crippen molar-refractivity contribution in [2.24, 2.45) is 11.7 Å². The van der Waals surface area contributed by atoms with Gasteiger partial charge in [-0.2, -0.15) is 5.26 Å². The van der Waals surface area contributed by atoms with Gasteiger partial charge in [0.1, 0.15) is 11.6 Å². The van der Waals surface area contributed by atoms with E-state index >= 15 is 0 Å². The zero-order chi connectivity index (χ0) is 21.8. The number of ketones is 1. The third-order valence-electron chi connectivity index (χ3n) is 4.90. The molecule has 0 spiro atoms. The number of thiophene rings is 1. The molecule has 0 bridgehead atoms. The Labute approximate surface area is 178 Å². The molecule has 1 aromatic heterocycles. The van der Waals surface area contributed by atoms with Crippen molar-refractivity contribution >= 4 is 34.7 Å². The predicted molar refractivity (Wildman–Crippen MR) is 112 cm³/mol. The molecule has 0 aliphatic carbocycles. The smallest absolute Gasteiger partial charge is 0.312 e. The molecule has 1 aliphatic rings. The minimum Gasteiger partial charge on any atom is -0.457 e. The van der Waals surface area contributed by atoms with Crippen LogP contribution in [0, 0.1) is 24.2 Å². The van der Waals surface area contributed by atoms with Gasteiger partial charge in [-0.1, -0.05) is 23.8 Å². The number of nitrogens with two attached hydrogens (primary N) is 1. The second-order valence-corrected chi connectivity index (χ2v) is 8.05. The molecule has 8 heteroatoms. The Bertz CT molecular complexity index is 1030. The first-order valence-electron chi connectivity index (χ1n) is 9.32. The van der Waals surface area contributed by atoms with E-state index in [2.05, 4.69) is 0 Å². The van der Waals surface area contributed by atoms with E-state index in [1.807, 2.05) is 48.7 Å². The molecule has 3 rings (SSSR count). The van der Waals surface area contributed by atoms with E-state index in [4.69, 9.17) is 15.7 Å². The number of rotatable bonds is 6. The number of amides is 1. The van der Waals surface area contributed by atoms with Crippen molar-refractivity contribution in [3.8, 4) is 6.07 Å². The van der Waals surface area contributed by atoms with Gasteiger partial charge in [0.15, 0.2) is 6.61 Å². The highest BCUT2D eigenvalue weighted by Crippen LogP contribution is 2.43. The number of ether oxygens (including phenoxy) is 1. The Balaban J connectivity index is 1.85. The molecule has 30 heavy (non-hydrogen) atoms. The minimum atomic E-state index is -0.765. The molecule has 1 saturated heterocycles. The predicted octanol–water partition coefficient (Wildman–Crippen LogP) is 3.02. The summed E-state index contributed by atoms with van der Waals surface area (Å²) in [5.74, 6) is -2.28. The molecule has 2 unspecified atom stereocenters. The van der Waals surface area contributed by atoms with Crippen LogP contribution >= 0.6 is 11.3 Å². The summed E-state index contributed by atoms with van der Waals surface area (Å²) in [6, 6.07) is 12.4. The van der Waals surface area contributed by atoms with Crippen LogP contribution in [0.4, 0.5) is 5.69 Å². The molecule has 0 saturated carbocycles. The van der Waals surface area contributed by atoms with Crippen LogP contribution in [0.25, 0.3) is 0 Å². The molecule has 2 aromatic rings. The summed E-state index contributed by atoms with van der Waals surface area (Å²) in [5.41, 5.74) is 7.11. The number of aryl methyl sites for hydroxylation is 1. The van der Waals surface area contributed by atoms with Gasteiger partial charge in [0.05, 0.1) is 12.0 Å². The highest BCUT2D eigenvalue weighted by molar-refractivity contribution is 7.10.